The molecule has 124 valence electrons. The fourth-order valence-corrected chi connectivity index (χ4v) is 3.73. The SMILES string of the molecule is CN=C(NCCCSc1nccs1)N(C)Cc1cccc(F)c1. The van der Waals surface area contributed by atoms with Gasteiger partial charge in [0.15, 0.2) is 5.96 Å². The molecule has 2 aromatic rings. The van der Waals surface area contributed by atoms with E-state index in [0.29, 0.717) is 6.54 Å². The van der Waals surface area contributed by atoms with Crippen LogP contribution in [-0.4, -0.2) is 42.2 Å². The first-order chi connectivity index (χ1) is 11.2. The van der Waals surface area contributed by atoms with Crippen molar-refractivity contribution in [3.63, 3.8) is 0 Å². The molecule has 1 aromatic heterocycles. The molecule has 0 fully saturated rings. The highest BCUT2D eigenvalue weighted by molar-refractivity contribution is 8.00. The fourth-order valence-electron chi connectivity index (χ4n) is 2.08. The first-order valence-corrected chi connectivity index (χ1v) is 9.24. The maximum absolute atomic E-state index is 13.2. The van der Waals surface area contributed by atoms with E-state index in [4.69, 9.17) is 0 Å². The molecule has 0 bridgehead atoms. The number of rotatable bonds is 7. The molecule has 1 N–H and O–H groups in total. The Labute approximate surface area is 144 Å². The van der Waals surface area contributed by atoms with Crippen LogP contribution in [0.1, 0.15) is 12.0 Å². The molecule has 23 heavy (non-hydrogen) atoms. The van der Waals surface area contributed by atoms with Gasteiger partial charge < -0.3 is 10.2 Å². The second-order valence-electron chi connectivity index (χ2n) is 4.96. The van der Waals surface area contributed by atoms with Crippen LogP contribution in [0.2, 0.25) is 0 Å². The molecule has 2 rings (SSSR count). The van der Waals surface area contributed by atoms with E-state index in [9.17, 15) is 4.39 Å². The molecule has 0 spiro atoms. The largest absolute Gasteiger partial charge is 0.356 e. The number of thioether (sulfide) groups is 1. The van der Waals surface area contributed by atoms with Gasteiger partial charge in [0.2, 0.25) is 0 Å². The summed E-state index contributed by atoms with van der Waals surface area (Å²) in [6.07, 6.45) is 2.85. The number of thiazole rings is 1. The molecule has 0 amide bonds. The molecule has 0 aliphatic rings. The van der Waals surface area contributed by atoms with Gasteiger partial charge in [-0.15, -0.1) is 11.3 Å². The van der Waals surface area contributed by atoms with Gasteiger partial charge in [0.1, 0.15) is 10.2 Å². The number of nitrogens with one attached hydrogen (secondary N) is 1. The van der Waals surface area contributed by atoms with Crippen molar-refractivity contribution in [2.45, 2.75) is 17.3 Å². The minimum absolute atomic E-state index is 0.210. The summed E-state index contributed by atoms with van der Waals surface area (Å²) in [7, 11) is 3.71. The summed E-state index contributed by atoms with van der Waals surface area (Å²) < 4.78 is 14.3. The number of benzene rings is 1. The van der Waals surface area contributed by atoms with E-state index in [-0.39, 0.29) is 5.82 Å². The summed E-state index contributed by atoms with van der Waals surface area (Å²) >= 11 is 3.44. The molecule has 0 aliphatic heterocycles. The zero-order valence-electron chi connectivity index (χ0n) is 13.3. The van der Waals surface area contributed by atoms with Crippen molar-refractivity contribution in [3.05, 3.63) is 47.2 Å². The van der Waals surface area contributed by atoms with Crippen LogP contribution >= 0.6 is 23.1 Å². The predicted octanol–water partition coefficient (Wildman–Crippen LogP) is 3.47. The molecule has 0 saturated carbocycles. The second kappa shape index (κ2) is 9.52. The van der Waals surface area contributed by atoms with Gasteiger partial charge >= 0.3 is 0 Å². The Kier molecular flexibility index (Phi) is 7.35. The van der Waals surface area contributed by atoms with Crippen LogP contribution in [0, 0.1) is 5.82 Å². The van der Waals surface area contributed by atoms with E-state index in [2.05, 4.69) is 15.3 Å². The molecule has 0 unspecified atom stereocenters. The first kappa shape index (κ1) is 17.7. The van der Waals surface area contributed by atoms with Crippen molar-refractivity contribution in [2.24, 2.45) is 4.99 Å². The Morgan fingerprint density at radius 3 is 3.04 bits per heavy atom. The number of hydrogen-bond acceptors (Lipinski definition) is 4. The summed E-state index contributed by atoms with van der Waals surface area (Å²) in [5.74, 6) is 1.62. The minimum Gasteiger partial charge on any atom is -0.356 e. The van der Waals surface area contributed by atoms with E-state index in [0.717, 1.165) is 34.6 Å². The van der Waals surface area contributed by atoms with Gasteiger partial charge in [-0.25, -0.2) is 9.37 Å². The standard InChI is InChI=1S/C16H21FN4S2/c1-18-15(19-7-4-9-22-16-20-8-10-23-16)21(2)12-13-5-3-6-14(17)11-13/h3,5-6,8,10-11H,4,7,9,12H2,1-2H3,(H,18,19). The summed E-state index contributed by atoms with van der Waals surface area (Å²) in [6, 6.07) is 6.65. The lowest BCUT2D eigenvalue weighted by Gasteiger charge is -2.22. The van der Waals surface area contributed by atoms with E-state index in [1.165, 1.54) is 6.07 Å². The molecule has 1 aromatic carbocycles. The van der Waals surface area contributed by atoms with E-state index < -0.39 is 0 Å². The summed E-state index contributed by atoms with van der Waals surface area (Å²) in [6.45, 7) is 1.46. The fraction of sp³-hybridized carbons (Fsp3) is 0.375. The Morgan fingerprint density at radius 2 is 2.35 bits per heavy atom. The molecule has 1 heterocycles. The topological polar surface area (TPSA) is 40.5 Å². The average molecular weight is 353 g/mol. The van der Waals surface area contributed by atoms with Crippen molar-refractivity contribution in [1.82, 2.24) is 15.2 Å². The highest BCUT2D eigenvalue weighted by Crippen LogP contribution is 2.20. The van der Waals surface area contributed by atoms with Crippen LogP contribution < -0.4 is 5.32 Å². The third-order valence-corrected chi connectivity index (χ3v) is 5.17. The zero-order chi connectivity index (χ0) is 16.5. The Balaban J connectivity index is 1.71. The lowest BCUT2D eigenvalue weighted by molar-refractivity contribution is 0.475. The summed E-state index contributed by atoms with van der Waals surface area (Å²) in [4.78, 5) is 10.5. The van der Waals surface area contributed by atoms with Gasteiger partial charge in [0, 0.05) is 44.5 Å². The lowest BCUT2D eigenvalue weighted by Crippen LogP contribution is -2.39. The van der Waals surface area contributed by atoms with E-state index >= 15 is 0 Å². The third kappa shape index (κ3) is 6.19. The maximum atomic E-state index is 13.2. The van der Waals surface area contributed by atoms with Crippen LogP contribution in [0.4, 0.5) is 4.39 Å². The summed E-state index contributed by atoms with van der Waals surface area (Å²) in [5.41, 5.74) is 0.926. The predicted molar refractivity (Wildman–Crippen MR) is 96.7 cm³/mol. The Morgan fingerprint density at radius 1 is 1.48 bits per heavy atom. The molecule has 0 saturated heterocycles. The number of nitrogens with zero attached hydrogens (tertiary/aromatic N) is 3. The molecule has 0 atom stereocenters. The van der Waals surface area contributed by atoms with Crippen molar-refractivity contribution >= 4 is 29.1 Å². The molecular formula is C16H21FN4S2. The quantitative estimate of drug-likeness (QED) is 0.358. The Bertz CT molecular complexity index is 616. The van der Waals surface area contributed by atoms with Crippen LogP contribution in [0.25, 0.3) is 0 Å². The van der Waals surface area contributed by atoms with Crippen LogP contribution in [0.5, 0.6) is 0 Å². The average Bonchev–Trinajstić information content (AvgIpc) is 3.04. The van der Waals surface area contributed by atoms with Gasteiger partial charge in [-0.2, -0.15) is 0 Å². The van der Waals surface area contributed by atoms with Crippen LogP contribution in [-0.2, 0) is 6.54 Å². The normalized spacial score (nSPS) is 11.5. The van der Waals surface area contributed by atoms with Crippen molar-refractivity contribution in [3.8, 4) is 0 Å². The minimum atomic E-state index is -0.210. The van der Waals surface area contributed by atoms with Crippen molar-refractivity contribution in [2.75, 3.05) is 26.4 Å². The van der Waals surface area contributed by atoms with Gasteiger partial charge in [-0.3, -0.25) is 4.99 Å². The molecule has 0 aliphatic carbocycles. The molecule has 4 nitrogen and oxygen atoms in total. The van der Waals surface area contributed by atoms with Gasteiger partial charge in [-0.1, -0.05) is 23.9 Å². The maximum Gasteiger partial charge on any atom is 0.193 e. The number of guanidine groups is 1. The van der Waals surface area contributed by atoms with Crippen molar-refractivity contribution in [1.29, 1.82) is 0 Å². The van der Waals surface area contributed by atoms with Gasteiger partial charge in [0.25, 0.3) is 0 Å². The molecular weight excluding hydrogens is 331 g/mol. The van der Waals surface area contributed by atoms with Gasteiger partial charge in [0.05, 0.1) is 0 Å². The number of aliphatic imine (C=N–C) groups is 1. The number of aromatic nitrogens is 1. The second-order valence-corrected chi connectivity index (χ2v) is 7.20. The van der Waals surface area contributed by atoms with E-state index in [1.807, 2.05) is 29.6 Å². The van der Waals surface area contributed by atoms with E-state index in [1.54, 1.807) is 42.3 Å². The first-order valence-electron chi connectivity index (χ1n) is 7.37. The third-order valence-electron chi connectivity index (χ3n) is 3.12. The Hall–Kier alpha value is -1.60. The zero-order valence-corrected chi connectivity index (χ0v) is 15.0. The van der Waals surface area contributed by atoms with Gasteiger partial charge in [-0.05, 0) is 24.1 Å². The number of halogens is 1. The van der Waals surface area contributed by atoms with Crippen molar-refractivity contribution < 1.29 is 4.39 Å². The van der Waals surface area contributed by atoms with Crippen LogP contribution in [0.15, 0.2) is 45.2 Å². The molecule has 0 radical (unpaired) electrons. The smallest absolute Gasteiger partial charge is 0.193 e. The van der Waals surface area contributed by atoms with Crippen LogP contribution in [0.3, 0.4) is 0 Å². The number of hydrogen-bond donors (Lipinski definition) is 1. The highest BCUT2D eigenvalue weighted by atomic mass is 32.2. The monoisotopic (exact) mass is 352 g/mol. The molecule has 7 heteroatoms. The lowest BCUT2D eigenvalue weighted by atomic mass is 10.2. The highest BCUT2D eigenvalue weighted by Gasteiger charge is 2.07. The summed E-state index contributed by atoms with van der Waals surface area (Å²) in [5, 5.41) is 5.33.